The zero-order chi connectivity index (χ0) is 16.3. The third-order valence-electron chi connectivity index (χ3n) is 5.47. The topological polar surface area (TPSA) is 36.7 Å². The first kappa shape index (κ1) is 14.2. The molecule has 1 atom stereocenters. The summed E-state index contributed by atoms with van der Waals surface area (Å²) >= 11 is 0. The van der Waals surface area contributed by atoms with Crippen molar-refractivity contribution >= 4 is 22.5 Å². The van der Waals surface area contributed by atoms with Gasteiger partial charge in [-0.25, -0.2) is 14.4 Å². The molecule has 0 spiro atoms. The lowest BCUT2D eigenvalue weighted by atomic mass is 10.1. The van der Waals surface area contributed by atoms with Crippen molar-refractivity contribution in [3.63, 3.8) is 0 Å². The molecule has 0 saturated carbocycles. The van der Waals surface area contributed by atoms with Crippen LogP contribution in [0.4, 0.5) is 10.2 Å². The summed E-state index contributed by atoms with van der Waals surface area (Å²) in [5.74, 6) is 0.670. The van der Waals surface area contributed by atoms with E-state index in [-0.39, 0.29) is 5.82 Å². The Hall–Kier alpha value is -2.21. The molecule has 5 rings (SSSR count). The Bertz CT molecular complexity index is 934. The van der Waals surface area contributed by atoms with Gasteiger partial charge in [-0.1, -0.05) is 0 Å². The number of aromatic nitrogens is 3. The standard InChI is InChI=1S/C18H20FN5/c1-12-9-16-15(10-14(12)19)21-18(17-20-4-6-24(16)17)23-8-7-22-5-2-3-13(22)11-23/h4,6,9-10,13H,2-3,5,7-8,11H2,1H3. The van der Waals surface area contributed by atoms with Gasteiger partial charge in [0.1, 0.15) is 5.82 Å². The molecule has 0 aliphatic carbocycles. The molecule has 0 amide bonds. The molecule has 2 fully saturated rings. The maximum Gasteiger partial charge on any atom is 0.180 e. The highest BCUT2D eigenvalue weighted by atomic mass is 19.1. The molecule has 4 heterocycles. The van der Waals surface area contributed by atoms with Crippen LogP contribution in [0.2, 0.25) is 0 Å². The minimum Gasteiger partial charge on any atom is -0.351 e. The fraction of sp³-hybridized carbons (Fsp3) is 0.444. The molecule has 2 aromatic heterocycles. The first-order chi connectivity index (χ1) is 11.7. The Kier molecular flexibility index (Phi) is 3.03. The third kappa shape index (κ3) is 2.02. The van der Waals surface area contributed by atoms with Crippen molar-refractivity contribution in [1.82, 2.24) is 19.3 Å². The summed E-state index contributed by atoms with van der Waals surface area (Å²) in [5, 5.41) is 0. The highest BCUT2D eigenvalue weighted by Crippen LogP contribution is 2.29. The Balaban J connectivity index is 1.67. The van der Waals surface area contributed by atoms with Gasteiger partial charge >= 0.3 is 0 Å². The molecular weight excluding hydrogens is 305 g/mol. The van der Waals surface area contributed by atoms with E-state index >= 15 is 0 Å². The van der Waals surface area contributed by atoms with Crippen LogP contribution in [0.1, 0.15) is 18.4 Å². The summed E-state index contributed by atoms with van der Waals surface area (Å²) in [7, 11) is 0. The van der Waals surface area contributed by atoms with Gasteiger partial charge in [-0.15, -0.1) is 0 Å². The molecule has 124 valence electrons. The summed E-state index contributed by atoms with van der Waals surface area (Å²) in [6.45, 7) is 6.00. The predicted octanol–water partition coefficient (Wildman–Crippen LogP) is 2.61. The quantitative estimate of drug-likeness (QED) is 0.689. The second-order valence-electron chi connectivity index (χ2n) is 6.92. The Morgan fingerprint density at radius 3 is 3.04 bits per heavy atom. The number of rotatable bonds is 1. The molecule has 2 aliphatic heterocycles. The number of aryl methyl sites for hydroxylation is 1. The molecule has 6 heteroatoms. The van der Waals surface area contributed by atoms with E-state index in [1.54, 1.807) is 19.2 Å². The number of anilines is 1. The lowest BCUT2D eigenvalue weighted by Crippen LogP contribution is -2.50. The minimum atomic E-state index is -0.207. The van der Waals surface area contributed by atoms with E-state index < -0.39 is 0 Å². The smallest absolute Gasteiger partial charge is 0.180 e. The van der Waals surface area contributed by atoms with Crippen molar-refractivity contribution in [2.75, 3.05) is 31.1 Å². The molecule has 0 radical (unpaired) electrons. The van der Waals surface area contributed by atoms with Crippen LogP contribution in [0.5, 0.6) is 0 Å². The highest BCUT2D eigenvalue weighted by molar-refractivity contribution is 5.84. The van der Waals surface area contributed by atoms with Gasteiger partial charge in [-0.2, -0.15) is 0 Å². The fourth-order valence-electron chi connectivity index (χ4n) is 4.16. The van der Waals surface area contributed by atoms with Gasteiger partial charge in [0.15, 0.2) is 11.5 Å². The highest BCUT2D eigenvalue weighted by Gasteiger charge is 2.32. The normalized spacial score (nSPS) is 21.8. The van der Waals surface area contributed by atoms with E-state index in [4.69, 9.17) is 4.98 Å². The molecule has 0 bridgehead atoms. The van der Waals surface area contributed by atoms with Crippen LogP contribution < -0.4 is 4.90 Å². The Morgan fingerprint density at radius 2 is 2.12 bits per heavy atom. The monoisotopic (exact) mass is 325 g/mol. The van der Waals surface area contributed by atoms with Crippen LogP contribution in [0, 0.1) is 12.7 Å². The van der Waals surface area contributed by atoms with Crippen LogP contribution in [0.15, 0.2) is 24.5 Å². The SMILES string of the molecule is Cc1cc2c(cc1F)nc(N1CCN3CCCC3C1)c1nccn12. The van der Waals surface area contributed by atoms with E-state index in [1.807, 2.05) is 16.7 Å². The average Bonchev–Trinajstić information content (AvgIpc) is 3.23. The van der Waals surface area contributed by atoms with Gasteiger partial charge in [0.2, 0.25) is 0 Å². The zero-order valence-corrected chi connectivity index (χ0v) is 13.7. The van der Waals surface area contributed by atoms with Gasteiger partial charge < -0.3 is 4.90 Å². The number of halogens is 1. The van der Waals surface area contributed by atoms with Gasteiger partial charge in [0, 0.05) is 44.1 Å². The maximum atomic E-state index is 14.0. The fourth-order valence-corrected chi connectivity index (χ4v) is 4.16. The predicted molar refractivity (Wildman–Crippen MR) is 92.0 cm³/mol. The van der Waals surface area contributed by atoms with Crippen molar-refractivity contribution in [2.24, 2.45) is 0 Å². The molecule has 1 unspecified atom stereocenters. The van der Waals surface area contributed by atoms with E-state index in [0.717, 1.165) is 36.6 Å². The lowest BCUT2D eigenvalue weighted by Gasteiger charge is -2.38. The largest absolute Gasteiger partial charge is 0.351 e. The summed E-state index contributed by atoms with van der Waals surface area (Å²) in [6.07, 6.45) is 6.27. The number of fused-ring (bicyclic) bond motifs is 4. The number of hydrogen-bond donors (Lipinski definition) is 0. The minimum absolute atomic E-state index is 0.207. The van der Waals surface area contributed by atoms with Crippen LogP contribution in [0.25, 0.3) is 16.7 Å². The molecule has 1 aromatic carbocycles. The van der Waals surface area contributed by atoms with Crippen LogP contribution in [-0.4, -0.2) is 51.5 Å². The van der Waals surface area contributed by atoms with Crippen molar-refractivity contribution < 1.29 is 4.39 Å². The van der Waals surface area contributed by atoms with Crippen molar-refractivity contribution in [1.29, 1.82) is 0 Å². The second kappa shape index (κ2) is 5.14. The molecule has 2 saturated heterocycles. The van der Waals surface area contributed by atoms with Gasteiger partial charge in [0.25, 0.3) is 0 Å². The van der Waals surface area contributed by atoms with Gasteiger partial charge in [-0.3, -0.25) is 9.30 Å². The van der Waals surface area contributed by atoms with Crippen LogP contribution >= 0.6 is 0 Å². The Morgan fingerprint density at radius 1 is 1.21 bits per heavy atom. The van der Waals surface area contributed by atoms with E-state index in [1.165, 1.54) is 19.4 Å². The number of benzene rings is 1. The summed E-state index contributed by atoms with van der Waals surface area (Å²) < 4.78 is 16.1. The number of nitrogens with zero attached hydrogens (tertiary/aromatic N) is 5. The number of imidazole rings is 1. The molecule has 3 aromatic rings. The maximum absolute atomic E-state index is 14.0. The molecule has 2 aliphatic rings. The molecule has 24 heavy (non-hydrogen) atoms. The third-order valence-corrected chi connectivity index (χ3v) is 5.47. The van der Waals surface area contributed by atoms with Gasteiger partial charge in [0.05, 0.1) is 11.0 Å². The first-order valence-electron chi connectivity index (χ1n) is 8.62. The van der Waals surface area contributed by atoms with Gasteiger partial charge in [-0.05, 0) is 37.9 Å². The van der Waals surface area contributed by atoms with E-state index in [9.17, 15) is 4.39 Å². The lowest BCUT2D eigenvalue weighted by molar-refractivity contribution is 0.230. The molecular formula is C18H20FN5. The number of hydrogen-bond acceptors (Lipinski definition) is 4. The molecule has 0 N–H and O–H groups in total. The van der Waals surface area contributed by atoms with E-state index in [2.05, 4.69) is 14.8 Å². The van der Waals surface area contributed by atoms with Crippen LogP contribution in [0.3, 0.4) is 0 Å². The Labute approximate surface area is 139 Å². The van der Waals surface area contributed by atoms with E-state index in [0.29, 0.717) is 17.1 Å². The summed E-state index contributed by atoms with van der Waals surface area (Å²) in [6, 6.07) is 4.01. The number of piperazine rings is 1. The van der Waals surface area contributed by atoms with Crippen molar-refractivity contribution in [2.45, 2.75) is 25.8 Å². The zero-order valence-electron chi connectivity index (χ0n) is 13.7. The molecule has 5 nitrogen and oxygen atoms in total. The van der Waals surface area contributed by atoms with Crippen LogP contribution in [-0.2, 0) is 0 Å². The van der Waals surface area contributed by atoms with Crippen molar-refractivity contribution in [3.8, 4) is 0 Å². The summed E-state index contributed by atoms with van der Waals surface area (Å²) in [4.78, 5) is 14.2. The average molecular weight is 325 g/mol. The van der Waals surface area contributed by atoms with Crippen molar-refractivity contribution in [3.05, 3.63) is 35.9 Å². The second-order valence-corrected chi connectivity index (χ2v) is 6.92. The first-order valence-corrected chi connectivity index (χ1v) is 8.62. The summed E-state index contributed by atoms with van der Waals surface area (Å²) in [5.41, 5.74) is 3.09.